The number of carbonyl (C=O) groups is 1. The number of anilines is 1. The topological polar surface area (TPSA) is 57.3 Å². The van der Waals surface area contributed by atoms with Crippen molar-refractivity contribution in [3.63, 3.8) is 0 Å². The number of rotatable bonds is 5. The molecule has 1 aromatic carbocycles. The second-order valence-electron chi connectivity index (χ2n) is 10.2. The summed E-state index contributed by atoms with van der Waals surface area (Å²) in [5.41, 5.74) is 5.35. The fraction of sp³-hybridized carbons (Fsp3) is 0.520. The van der Waals surface area contributed by atoms with E-state index in [1.54, 1.807) is 0 Å². The van der Waals surface area contributed by atoms with E-state index in [9.17, 15) is 4.79 Å². The smallest absolute Gasteiger partial charge is 0.225 e. The molecule has 3 aliphatic rings. The van der Waals surface area contributed by atoms with E-state index in [0.717, 1.165) is 43.7 Å². The second-order valence-corrected chi connectivity index (χ2v) is 10.2. The molecule has 2 heterocycles. The molecule has 2 fully saturated rings. The number of pyridine rings is 1. The van der Waals surface area contributed by atoms with Gasteiger partial charge in [-0.25, -0.2) is 0 Å². The van der Waals surface area contributed by atoms with Crippen LogP contribution in [0.2, 0.25) is 0 Å². The molecule has 0 bridgehead atoms. The molecule has 2 aromatic rings. The molecule has 1 aliphatic heterocycles. The number of nitrogens with one attached hydrogen (secondary N) is 2. The van der Waals surface area contributed by atoms with Crippen molar-refractivity contribution < 1.29 is 4.79 Å². The van der Waals surface area contributed by atoms with Crippen LogP contribution < -0.4 is 10.6 Å². The van der Waals surface area contributed by atoms with Crippen molar-refractivity contribution in [2.24, 2.45) is 11.3 Å². The molecule has 5 rings (SSSR count). The molecule has 5 heteroatoms. The van der Waals surface area contributed by atoms with Gasteiger partial charge in [0.1, 0.15) is 0 Å². The summed E-state index contributed by atoms with van der Waals surface area (Å²) in [7, 11) is 1.90. The molecule has 1 aromatic heterocycles. The van der Waals surface area contributed by atoms with Crippen LogP contribution >= 0.6 is 0 Å². The highest BCUT2D eigenvalue weighted by Gasteiger charge is 2.51. The van der Waals surface area contributed by atoms with Crippen molar-refractivity contribution in [2.45, 2.75) is 51.1 Å². The molecule has 1 spiro atoms. The SMILES string of the molecule is CN(Cc1ccc(NC2Cc3ccccc3C2(C)C)cn1)C(=O)C1CC2(CNC2)C1. The average Bonchev–Trinajstić information content (AvgIpc) is 2.91. The van der Waals surface area contributed by atoms with Crippen LogP contribution in [0.5, 0.6) is 0 Å². The lowest BCUT2D eigenvalue weighted by Crippen LogP contribution is -2.62. The van der Waals surface area contributed by atoms with Crippen LogP contribution in [0.1, 0.15) is 43.5 Å². The van der Waals surface area contributed by atoms with E-state index in [1.165, 1.54) is 11.1 Å². The van der Waals surface area contributed by atoms with Gasteiger partial charge in [-0.15, -0.1) is 0 Å². The van der Waals surface area contributed by atoms with Crippen LogP contribution in [0, 0.1) is 11.3 Å². The summed E-state index contributed by atoms with van der Waals surface area (Å²) in [6.07, 6.45) is 5.02. The monoisotopic (exact) mass is 404 g/mol. The highest BCUT2D eigenvalue weighted by atomic mass is 16.2. The summed E-state index contributed by atoms with van der Waals surface area (Å²) in [5, 5.41) is 7.02. The minimum Gasteiger partial charge on any atom is -0.380 e. The number of aromatic nitrogens is 1. The number of carbonyl (C=O) groups excluding carboxylic acids is 1. The predicted molar refractivity (Wildman–Crippen MR) is 119 cm³/mol. The molecule has 1 atom stereocenters. The van der Waals surface area contributed by atoms with Gasteiger partial charge >= 0.3 is 0 Å². The van der Waals surface area contributed by atoms with Gasteiger partial charge in [0.2, 0.25) is 5.91 Å². The molecule has 0 radical (unpaired) electrons. The Kier molecular flexibility index (Phi) is 4.62. The van der Waals surface area contributed by atoms with Gasteiger partial charge < -0.3 is 15.5 Å². The van der Waals surface area contributed by atoms with Crippen LogP contribution in [0.25, 0.3) is 0 Å². The first-order valence-electron chi connectivity index (χ1n) is 11.1. The maximum Gasteiger partial charge on any atom is 0.225 e. The normalized spacial score (nSPS) is 23.4. The lowest BCUT2D eigenvalue weighted by atomic mass is 9.58. The molecule has 5 nitrogen and oxygen atoms in total. The lowest BCUT2D eigenvalue weighted by molar-refractivity contribution is -0.145. The van der Waals surface area contributed by atoms with Crippen molar-refractivity contribution >= 4 is 11.6 Å². The van der Waals surface area contributed by atoms with E-state index in [1.807, 2.05) is 24.2 Å². The van der Waals surface area contributed by atoms with E-state index in [0.29, 0.717) is 18.0 Å². The highest BCUT2D eigenvalue weighted by Crippen LogP contribution is 2.49. The average molecular weight is 405 g/mol. The molecule has 1 amide bonds. The third-order valence-electron chi connectivity index (χ3n) is 7.66. The van der Waals surface area contributed by atoms with Gasteiger partial charge in [-0.1, -0.05) is 38.1 Å². The van der Waals surface area contributed by atoms with E-state index >= 15 is 0 Å². The Bertz CT molecular complexity index is 940. The zero-order valence-electron chi connectivity index (χ0n) is 18.2. The standard InChI is InChI=1S/C25H32N4O/c1-24(2)21-7-5-4-6-17(21)10-22(24)28-19-8-9-20(27-13-19)14-29(3)23(30)18-11-25(12-18)15-26-16-25/h4-9,13,18,22,26,28H,10-12,14-16H2,1-3H3. The van der Waals surface area contributed by atoms with E-state index in [2.05, 4.69) is 59.8 Å². The maximum absolute atomic E-state index is 12.7. The van der Waals surface area contributed by atoms with Gasteiger partial charge in [-0.2, -0.15) is 0 Å². The lowest BCUT2D eigenvalue weighted by Gasteiger charge is -2.54. The number of hydrogen-bond acceptors (Lipinski definition) is 4. The Morgan fingerprint density at radius 1 is 1.20 bits per heavy atom. The highest BCUT2D eigenvalue weighted by molar-refractivity contribution is 5.79. The second kappa shape index (κ2) is 7.09. The van der Waals surface area contributed by atoms with Crippen molar-refractivity contribution in [1.29, 1.82) is 0 Å². The number of fused-ring (bicyclic) bond motifs is 1. The van der Waals surface area contributed by atoms with Crippen molar-refractivity contribution in [3.05, 3.63) is 59.4 Å². The van der Waals surface area contributed by atoms with Crippen LogP contribution in [-0.4, -0.2) is 42.0 Å². The van der Waals surface area contributed by atoms with E-state index in [-0.39, 0.29) is 17.2 Å². The molecule has 2 aliphatic carbocycles. The third kappa shape index (κ3) is 3.29. The first kappa shape index (κ1) is 19.6. The van der Waals surface area contributed by atoms with Crippen molar-refractivity contribution in [2.75, 3.05) is 25.5 Å². The zero-order chi connectivity index (χ0) is 20.9. The summed E-state index contributed by atoms with van der Waals surface area (Å²) in [6.45, 7) is 7.35. The van der Waals surface area contributed by atoms with Gasteiger partial charge in [-0.05, 0) is 47.9 Å². The molecular formula is C25H32N4O. The molecule has 1 unspecified atom stereocenters. The van der Waals surface area contributed by atoms with Crippen LogP contribution in [0.15, 0.2) is 42.6 Å². The fourth-order valence-corrected chi connectivity index (χ4v) is 5.59. The quantitative estimate of drug-likeness (QED) is 0.802. The van der Waals surface area contributed by atoms with Gasteiger partial charge in [0.05, 0.1) is 24.1 Å². The largest absolute Gasteiger partial charge is 0.380 e. The Morgan fingerprint density at radius 2 is 1.97 bits per heavy atom. The van der Waals surface area contributed by atoms with Gasteiger partial charge in [-0.3, -0.25) is 9.78 Å². The zero-order valence-corrected chi connectivity index (χ0v) is 18.2. The van der Waals surface area contributed by atoms with Crippen LogP contribution in [0.4, 0.5) is 5.69 Å². The Morgan fingerprint density at radius 3 is 2.60 bits per heavy atom. The van der Waals surface area contributed by atoms with Crippen LogP contribution in [0.3, 0.4) is 0 Å². The van der Waals surface area contributed by atoms with E-state index < -0.39 is 0 Å². The Balaban J connectivity index is 1.18. The molecule has 30 heavy (non-hydrogen) atoms. The van der Waals surface area contributed by atoms with Crippen molar-refractivity contribution in [3.8, 4) is 0 Å². The van der Waals surface area contributed by atoms with Gasteiger partial charge in [0.15, 0.2) is 0 Å². The summed E-state index contributed by atoms with van der Waals surface area (Å²) in [6, 6.07) is 13.2. The Labute approximate surface area is 179 Å². The predicted octanol–water partition coefficient (Wildman–Crippen LogP) is 3.35. The summed E-state index contributed by atoms with van der Waals surface area (Å²) in [5.74, 6) is 0.464. The first-order chi connectivity index (χ1) is 14.4. The third-order valence-corrected chi connectivity index (χ3v) is 7.66. The first-order valence-corrected chi connectivity index (χ1v) is 11.1. The van der Waals surface area contributed by atoms with Crippen molar-refractivity contribution in [1.82, 2.24) is 15.2 Å². The fourth-order valence-electron chi connectivity index (χ4n) is 5.59. The van der Waals surface area contributed by atoms with Gasteiger partial charge in [0, 0.05) is 37.5 Å². The number of amides is 1. The maximum atomic E-state index is 12.7. The summed E-state index contributed by atoms with van der Waals surface area (Å²) >= 11 is 0. The minimum absolute atomic E-state index is 0.0813. The number of benzene rings is 1. The molecule has 1 saturated heterocycles. The summed E-state index contributed by atoms with van der Waals surface area (Å²) in [4.78, 5) is 19.2. The van der Waals surface area contributed by atoms with E-state index in [4.69, 9.17) is 0 Å². The number of hydrogen-bond donors (Lipinski definition) is 2. The number of nitrogens with zero attached hydrogens (tertiary/aromatic N) is 2. The molecule has 1 saturated carbocycles. The molecule has 2 N–H and O–H groups in total. The minimum atomic E-state index is 0.0813. The summed E-state index contributed by atoms with van der Waals surface area (Å²) < 4.78 is 0. The molecule has 158 valence electrons. The van der Waals surface area contributed by atoms with Gasteiger partial charge in [0.25, 0.3) is 0 Å². The molecular weight excluding hydrogens is 372 g/mol. The Hall–Kier alpha value is -2.40. The van der Waals surface area contributed by atoms with Crippen LogP contribution in [-0.2, 0) is 23.2 Å².